The molecule has 0 spiro atoms. The van der Waals surface area contributed by atoms with Crippen molar-refractivity contribution in [3.63, 3.8) is 0 Å². The second-order valence-corrected chi connectivity index (χ2v) is 6.74. The summed E-state index contributed by atoms with van der Waals surface area (Å²) in [6, 6.07) is 7.78. The Hall–Kier alpha value is -2.14. The Labute approximate surface area is 136 Å². The van der Waals surface area contributed by atoms with Gasteiger partial charge in [0.25, 0.3) is 0 Å². The fourth-order valence-electron chi connectivity index (χ4n) is 3.40. The smallest absolute Gasteiger partial charge is 0.229 e. The molecule has 2 atom stereocenters. The largest absolute Gasteiger partial charge is 0.334 e. The van der Waals surface area contributed by atoms with Crippen molar-refractivity contribution < 1.29 is 4.79 Å². The number of aromatic nitrogens is 2. The van der Waals surface area contributed by atoms with E-state index in [2.05, 4.69) is 10.3 Å². The predicted molar refractivity (Wildman–Crippen MR) is 91.8 cm³/mol. The first-order valence-corrected chi connectivity index (χ1v) is 8.15. The van der Waals surface area contributed by atoms with E-state index in [4.69, 9.17) is 5.73 Å². The molecule has 0 bridgehead atoms. The van der Waals surface area contributed by atoms with Crippen LogP contribution in [0.4, 0.5) is 5.69 Å². The summed E-state index contributed by atoms with van der Waals surface area (Å²) in [5.74, 6) is 0.766. The summed E-state index contributed by atoms with van der Waals surface area (Å²) in [6.45, 7) is 1.99. The van der Waals surface area contributed by atoms with Gasteiger partial charge in [-0.1, -0.05) is 25.0 Å². The molecule has 1 heterocycles. The molecule has 0 aliphatic heterocycles. The van der Waals surface area contributed by atoms with Crippen LogP contribution in [-0.4, -0.2) is 21.0 Å². The van der Waals surface area contributed by atoms with Crippen LogP contribution in [0.5, 0.6) is 0 Å². The molecule has 3 N–H and O–H groups in total. The standard InChI is InChI=1S/C18H24N4O/c1-18(19)9-4-3-8-15(18)17(23)21-14-7-5-6-13(12-14)16-20-10-11-22(16)2/h5-7,10-12,15H,3-4,8-9,19H2,1-2H3,(H,21,23). The third-order valence-corrected chi connectivity index (χ3v) is 4.78. The lowest BCUT2D eigenvalue weighted by Gasteiger charge is -2.37. The Morgan fingerprint density at radius 2 is 2.26 bits per heavy atom. The van der Waals surface area contributed by atoms with Gasteiger partial charge in [0.05, 0.1) is 5.92 Å². The number of hydrogen-bond donors (Lipinski definition) is 2. The molecular weight excluding hydrogens is 288 g/mol. The third-order valence-electron chi connectivity index (χ3n) is 4.78. The molecule has 1 aliphatic carbocycles. The molecule has 5 heteroatoms. The Kier molecular flexibility index (Phi) is 4.22. The van der Waals surface area contributed by atoms with E-state index in [0.717, 1.165) is 42.8 Å². The number of nitrogens with one attached hydrogen (secondary N) is 1. The molecule has 1 aliphatic rings. The zero-order chi connectivity index (χ0) is 16.4. The Morgan fingerprint density at radius 1 is 1.43 bits per heavy atom. The van der Waals surface area contributed by atoms with Gasteiger partial charge in [-0.2, -0.15) is 0 Å². The molecule has 3 rings (SSSR count). The highest BCUT2D eigenvalue weighted by atomic mass is 16.1. The molecule has 1 saturated carbocycles. The van der Waals surface area contributed by atoms with Crippen LogP contribution in [0.25, 0.3) is 11.4 Å². The maximum absolute atomic E-state index is 12.6. The number of nitrogens with two attached hydrogens (primary N) is 1. The number of rotatable bonds is 3. The summed E-state index contributed by atoms with van der Waals surface area (Å²) >= 11 is 0. The van der Waals surface area contributed by atoms with E-state index in [9.17, 15) is 4.79 Å². The van der Waals surface area contributed by atoms with Crippen LogP contribution in [0.3, 0.4) is 0 Å². The van der Waals surface area contributed by atoms with Crippen LogP contribution >= 0.6 is 0 Å². The van der Waals surface area contributed by atoms with Crippen LogP contribution in [0.1, 0.15) is 32.6 Å². The minimum absolute atomic E-state index is 0.0201. The second-order valence-electron chi connectivity index (χ2n) is 6.74. The van der Waals surface area contributed by atoms with Gasteiger partial charge in [0.1, 0.15) is 5.82 Å². The van der Waals surface area contributed by atoms with Gasteiger partial charge in [-0.15, -0.1) is 0 Å². The summed E-state index contributed by atoms with van der Waals surface area (Å²) < 4.78 is 1.96. The van der Waals surface area contributed by atoms with Crippen molar-refractivity contribution in [1.82, 2.24) is 9.55 Å². The van der Waals surface area contributed by atoms with Crippen LogP contribution < -0.4 is 11.1 Å². The zero-order valence-electron chi connectivity index (χ0n) is 13.7. The summed E-state index contributed by atoms with van der Waals surface area (Å²) in [4.78, 5) is 17.0. The first-order chi connectivity index (χ1) is 11.0. The molecule has 5 nitrogen and oxygen atoms in total. The van der Waals surface area contributed by atoms with Crippen LogP contribution in [-0.2, 0) is 11.8 Å². The van der Waals surface area contributed by atoms with Gasteiger partial charge in [-0.05, 0) is 31.9 Å². The average Bonchev–Trinajstić information content (AvgIpc) is 2.93. The lowest BCUT2D eigenvalue weighted by Crippen LogP contribution is -2.51. The van der Waals surface area contributed by atoms with Gasteiger partial charge >= 0.3 is 0 Å². The van der Waals surface area contributed by atoms with E-state index >= 15 is 0 Å². The number of hydrogen-bond acceptors (Lipinski definition) is 3. The van der Waals surface area contributed by atoms with Crippen LogP contribution in [0.15, 0.2) is 36.7 Å². The lowest BCUT2D eigenvalue weighted by atomic mass is 9.74. The van der Waals surface area contributed by atoms with Crippen molar-refractivity contribution >= 4 is 11.6 Å². The number of aryl methyl sites for hydroxylation is 1. The van der Waals surface area contributed by atoms with E-state index in [1.807, 2.05) is 49.0 Å². The summed E-state index contributed by atoms with van der Waals surface area (Å²) in [5, 5.41) is 3.03. The van der Waals surface area contributed by atoms with Gasteiger partial charge < -0.3 is 15.6 Å². The topological polar surface area (TPSA) is 72.9 Å². The highest BCUT2D eigenvalue weighted by molar-refractivity contribution is 5.94. The maximum Gasteiger partial charge on any atom is 0.229 e. The van der Waals surface area contributed by atoms with Crippen molar-refractivity contribution in [3.05, 3.63) is 36.7 Å². The molecule has 1 amide bonds. The fourth-order valence-corrected chi connectivity index (χ4v) is 3.40. The molecule has 2 aromatic rings. The van der Waals surface area contributed by atoms with Gasteiger partial charge in [-0.25, -0.2) is 4.98 Å². The summed E-state index contributed by atoms with van der Waals surface area (Å²) in [7, 11) is 1.95. The van der Waals surface area contributed by atoms with Crippen molar-refractivity contribution in [3.8, 4) is 11.4 Å². The molecule has 0 saturated heterocycles. The number of carbonyl (C=O) groups is 1. The first-order valence-electron chi connectivity index (χ1n) is 8.15. The molecule has 122 valence electrons. The minimum atomic E-state index is -0.417. The molecule has 1 aromatic carbocycles. The van der Waals surface area contributed by atoms with Gasteiger partial charge in [0.2, 0.25) is 5.91 Å². The number of nitrogens with zero attached hydrogens (tertiary/aromatic N) is 2. The Bertz CT molecular complexity index is 705. The Morgan fingerprint density at radius 3 is 2.96 bits per heavy atom. The monoisotopic (exact) mass is 312 g/mol. The van der Waals surface area contributed by atoms with E-state index < -0.39 is 5.54 Å². The maximum atomic E-state index is 12.6. The Balaban J connectivity index is 1.78. The normalized spacial score (nSPS) is 24.4. The summed E-state index contributed by atoms with van der Waals surface area (Å²) in [6.07, 6.45) is 7.60. The van der Waals surface area contributed by atoms with Crippen molar-refractivity contribution in [2.45, 2.75) is 38.1 Å². The fraction of sp³-hybridized carbons (Fsp3) is 0.444. The van der Waals surface area contributed by atoms with Gasteiger partial charge in [-0.3, -0.25) is 4.79 Å². The van der Waals surface area contributed by atoms with E-state index in [0.29, 0.717) is 0 Å². The van der Waals surface area contributed by atoms with E-state index in [-0.39, 0.29) is 11.8 Å². The van der Waals surface area contributed by atoms with Crippen molar-refractivity contribution in [2.24, 2.45) is 18.7 Å². The SMILES string of the molecule is Cn1ccnc1-c1cccc(NC(=O)C2CCCCC2(C)N)c1. The molecule has 1 aromatic heterocycles. The quantitative estimate of drug-likeness (QED) is 0.915. The molecule has 2 unspecified atom stereocenters. The summed E-state index contributed by atoms with van der Waals surface area (Å²) in [5.41, 5.74) is 7.68. The van der Waals surface area contributed by atoms with Gasteiger partial charge in [0.15, 0.2) is 0 Å². The van der Waals surface area contributed by atoms with E-state index in [1.165, 1.54) is 0 Å². The second kappa shape index (κ2) is 6.16. The average molecular weight is 312 g/mol. The highest BCUT2D eigenvalue weighted by Crippen LogP contribution is 2.32. The minimum Gasteiger partial charge on any atom is -0.334 e. The number of carbonyl (C=O) groups excluding carboxylic acids is 1. The lowest BCUT2D eigenvalue weighted by molar-refractivity contribution is -0.122. The number of anilines is 1. The number of imidazole rings is 1. The third kappa shape index (κ3) is 3.29. The highest BCUT2D eigenvalue weighted by Gasteiger charge is 2.37. The van der Waals surface area contributed by atoms with Crippen molar-refractivity contribution in [1.29, 1.82) is 0 Å². The zero-order valence-corrected chi connectivity index (χ0v) is 13.7. The molecule has 1 fully saturated rings. The predicted octanol–water partition coefficient (Wildman–Crippen LogP) is 2.93. The van der Waals surface area contributed by atoms with E-state index in [1.54, 1.807) is 6.20 Å². The number of benzene rings is 1. The van der Waals surface area contributed by atoms with Crippen molar-refractivity contribution in [2.75, 3.05) is 5.32 Å². The first kappa shape index (κ1) is 15.7. The molecule has 0 radical (unpaired) electrons. The van der Waals surface area contributed by atoms with Gasteiger partial charge in [0, 0.05) is 36.2 Å². The number of amides is 1. The van der Waals surface area contributed by atoms with Crippen LogP contribution in [0.2, 0.25) is 0 Å². The molecule has 23 heavy (non-hydrogen) atoms. The molecular formula is C18H24N4O. The van der Waals surface area contributed by atoms with Crippen LogP contribution in [0, 0.1) is 5.92 Å².